The first-order valence-electron chi connectivity index (χ1n) is 7.24. The molecule has 1 aromatic carbocycles. The minimum absolute atomic E-state index is 0.186. The molecule has 1 aromatic heterocycles. The van der Waals surface area contributed by atoms with Gasteiger partial charge in [-0.2, -0.15) is 5.10 Å². The summed E-state index contributed by atoms with van der Waals surface area (Å²) in [5.74, 6) is -0.186. The van der Waals surface area contributed by atoms with Gasteiger partial charge in [-0.05, 0) is 44.0 Å². The van der Waals surface area contributed by atoms with Crippen LogP contribution in [0.2, 0.25) is 0 Å². The minimum atomic E-state index is -0.186. The van der Waals surface area contributed by atoms with Crippen molar-refractivity contribution in [1.29, 1.82) is 0 Å². The normalized spacial score (nSPS) is 18.6. The molecule has 3 nitrogen and oxygen atoms in total. The van der Waals surface area contributed by atoms with E-state index in [9.17, 15) is 4.39 Å². The van der Waals surface area contributed by atoms with E-state index < -0.39 is 0 Å². The van der Waals surface area contributed by atoms with Gasteiger partial charge in [0, 0.05) is 17.3 Å². The molecule has 0 spiro atoms. The molecule has 1 aliphatic rings. The van der Waals surface area contributed by atoms with Crippen LogP contribution in [0.3, 0.4) is 0 Å². The number of hydrogen-bond acceptors (Lipinski definition) is 2. The second-order valence-corrected chi connectivity index (χ2v) is 5.42. The summed E-state index contributed by atoms with van der Waals surface area (Å²) in [5.41, 5.74) is 3.56. The van der Waals surface area contributed by atoms with E-state index in [4.69, 9.17) is 0 Å². The molecule has 20 heavy (non-hydrogen) atoms. The third-order valence-electron chi connectivity index (χ3n) is 4.08. The monoisotopic (exact) mass is 273 g/mol. The molecule has 0 saturated carbocycles. The Bertz CT molecular complexity index is 591. The number of nitrogens with zero attached hydrogens (tertiary/aromatic N) is 2. The molecule has 4 heteroatoms. The lowest BCUT2D eigenvalue weighted by molar-refractivity contribution is 0.532. The van der Waals surface area contributed by atoms with Gasteiger partial charge in [-0.25, -0.2) is 4.39 Å². The van der Waals surface area contributed by atoms with E-state index in [0.29, 0.717) is 12.6 Å². The largest absolute Gasteiger partial charge is 0.313 e. The van der Waals surface area contributed by atoms with E-state index in [0.717, 1.165) is 18.4 Å². The lowest BCUT2D eigenvalue weighted by atomic mass is 10.1. The molecule has 106 valence electrons. The summed E-state index contributed by atoms with van der Waals surface area (Å²) in [6.45, 7) is 0.642. The van der Waals surface area contributed by atoms with Crippen LogP contribution in [0.1, 0.15) is 42.1 Å². The molecular formula is C16H20FN3. The van der Waals surface area contributed by atoms with Gasteiger partial charge in [0.05, 0.1) is 12.7 Å². The fourth-order valence-corrected chi connectivity index (χ4v) is 3.03. The number of fused-ring (bicyclic) bond motifs is 1. The lowest BCUT2D eigenvalue weighted by Gasteiger charge is -2.13. The molecule has 1 heterocycles. The van der Waals surface area contributed by atoms with Gasteiger partial charge < -0.3 is 5.32 Å². The maximum Gasteiger partial charge on any atom is 0.123 e. The number of halogens is 1. The van der Waals surface area contributed by atoms with Crippen LogP contribution in [-0.4, -0.2) is 16.8 Å². The standard InChI is InChI=1S/C16H20FN3/c1-18-15-7-2-3-8-16-14(15)10-19-20(16)11-12-5-4-6-13(17)9-12/h4-6,9-10,15,18H,2-3,7-8,11H2,1H3. The number of benzene rings is 1. The van der Waals surface area contributed by atoms with Crippen molar-refractivity contribution in [1.82, 2.24) is 15.1 Å². The summed E-state index contributed by atoms with van der Waals surface area (Å²) < 4.78 is 15.3. The second kappa shape index (κ2) is 5.75. The van der Waals surface area contributed by atoms with Gasteiger partial charge in [0.15, 0.2) is 0 Å². The van der Waals surface area contributed by atoms with Crippen LogP contribution < -0.4 is 5.32 Å². The first-order valence-corrected chi connectivity index (χ1v) is 7.24. The number of rotatable bonds is 3. The maximum atomic E-state index is 13.3. The Morgan fingerprint density at radius 2 is 2.30 bits per heavy atom. The second-order valence-electron chi connectivity index (χ2n) is 5.42. The first kappa shape index (κ1) is 13.3. The molecule has 0 aliphatic heterocycles. The van der Waals surface area contributed by atoms with Crippen LogP contribution in [0.5, 0.6) is 0 Å². The van der Waals surface area contributed by atoms with Crippen LogP contribution >= 0.6 is 0 Å². The van der Waals surface area contributed by atoms with Gasteiger partial charge in [0.1, 0.15) is 5.82 Å². The average Bonchev–Trinajstić information content (AvgIpc) is 2.71. The van der Waals surface area contributed by atoms with Crippen molar-refractivity contribution in [3.8, 4) is 0 Å². The Kier molecular flexibility index (Phi) is 3.83. The number of nitrogens with one attached hydrogen (secondary N) is 1. The summed E-state index contributed by atoms with van der Waals surface area (Å²) in [4.78, 5) is 0. The van der Waals surface area contributed by atoms with Gasteiger partial charge in [0.25, 0.3) is 0 Å². The van der Waals surface area contributed by atoms with E-state index >= 15 is 0 Å². The van der Waals surface area contributed by atoms with Crippen molar-refractivity contribution < 1.29 is 4.39 Å². The Morgan fingerprint density at radius 1 is 1.40 bits per heavy atom. The quantitative estimate of drug-likeness (QED) is 0.871. The van der Waals surface area contributed by atoms with Gasteiger partial charge >= 0.3 is 0 Å². The summed E-state index contributed by atoms with van der Waals surface area (Å²) >= 11 is 0. The zero-order chi connectivity index (χ0) is 13.9. The molecule has 1 N–H and O–H groups in total. The van der Waals surface area contributed by atoms with Gasteiger partial charge in [-0.1, -0.05) is 18.6 Å². The molecule has 2 aromatic rings. The summed E-state index contributed by atoms with van der Waals surface area (Å²) in [7, 11) is 2.00. The van der Waals surface area contributed by atoms with Crippen molar-refractivity contribution in [2.75, 3.05) is 7.05 Å². The third kappa shape index (κ3) is 2.61. The minimum Gasteiger partial charge on any atom is -0.313 e. The molecule has 3 rings (SSSR count). The smallest absolute Gasteiger partial charge is 0.123 e. The predicted octanol–water partition coefficient (Wildman–Crippen LogP) is 3.06. The molecule has 1 unspecified atom stereocenters. The molecule has 1 atom stereocenters. The van der Waals surface area contributed by atoms with Crippen LogP contribution in [0.15, 0.2) is 30.5 Å². The van der Waals surface area contributed by atoms with Crippen LogP contribution in [0.25, 0.3) is 0 Å². The fraction of sp³-hybridized carbons (Fsp3) is 0.438. The molecule has 0 fully saturated rings. The highest BCUT2D eigenvalue weighted by Crippen LogP contribution is 2.28. The third-order valence-corrected chi connectivity index (χ3v) is 4.08. The van der Waals surface area contributed by atoms with E-state index in [-0.39, 0.29) is 5.82 Å². The fourth-order valence-electron chi connectivity index (χ4n) is 3.03. The van der Waals surface area contributed by atoms with E-state index in [2.05, 4.69) is 10.4 Å². The molecule has 0 radical (unpaired) electrons. The molecule has 0 amide bonds. The average molecular weight is 273 g/mol. The highest BCUT2D eigenvalue weighted by atomic mass is 19.1. The van der Waals surface area contributed by atoms with E-state index in [1.54, 1.807) is 12.1 Å². The zero-order valence-corrected chi connectivity index (χ0v) is 11.8. The Hall–Kier alpha value is -1.68. The summed E-state index contributed by atoms with van der Waals surface area (Å²) in [6, 6.07) is 7.16. The highest BCUT2D eigenvalue weighted by molar-refractivity contribution is 5.25. The topological polar surface area (TPSA) is 29.9 Å². The lowest BCUT2D eigenvalue weighted by Crippen LogP contribution is -2.16. The Morgan fingerprint density at radius 3 is 3.10 bits per heavy atom. The van der Waals surface area contributed by atoms with Crippen molar-refractivity contribution in [2.24, 2.45) is 0 Å². The first-order chi connectivity index (χ1) is 9.78. The Labute approximate surface area is 118 Å². The zero-order valence-electron chi connectivity index (χ0n) is 11.8. The summed E-state index contributed by atoms with van der Waals surface area (Å²) in [6.07, 6.45) is 6.62. The Balaban J connectivity index is 1.90. The SMILES string of the molecule is CNC1CCCCc2c1cnn2Cc1cccc(F)c1. The number of aromatic nitrogens is 2. The van der Waals surface area contributed by atoms with Crippen LogP contribution in [0.4, 0.5) is 4.39 Å². The van der Waals surface area contributed by atoms with Crippen molar-refractivity contribution in [3.05, 3.63) is 53.1 Å². The van der Waals surface area contributed by atoms with Gasteiger partial charge in [-0.3, -0.25) is 4.68 Å². The van der Waals surface area contributed by atoms with Crippen LogP contribution in [0, 0.1) is 5.82 Å². The number of hydrogen-bond donors (Lipinski definition) is 1. The summed E-state index contributed by atoms with van der Waals surface area (Å²) in [5, 5.41) is 7.89. The van der Waals surface area contributed by atoms with Crippen molar-refractivity contribution in [2.45, 2.75) is 38.3 Å². The van der Waals surface area contributed by atoms with E-state index in [1.165, 1.54) is 30.2 Å². The van der Waals surface area contributed by atoms with Crippen molar-refractivity contribution >= 4 is 0 Å². The van der Waals surface area contributed by atoms with E-state index in [1.807, 2.05) is 24.0 Å². The highest BCUT2D eigenvalue weighted by Gasteiger charge is 2.21. The van der Waals surface area contributed by atoms with Gasteiger partial charge in [-0.15, -0.1) is 0 Å². The molecule has 1 aliphatic carbocycles. The predicted molar refractivity (Wildman–Crippen MR) is 77.1 cm³/mol. The molecule has 0 saturated heterocycles. The molecular weight excluding hydrogens is 253 g/mol. The van der Waals surface area contributed by atoms with Crippen LogP contribution in [-0.2, 0) is 13.0 Å². The maximum absolute atomic E-state index is 13.3. The van der Waals surface area contributed by atoms with Crippen molar-refractivity contribution in [3.63, 3.8) is 0 Å². The van der Waals surface area contributed by atoms with Gasteiger partial charge in [0.2, 0.25) is 0 Å². The molecule has 0 bridgehead atoms.